The molecule has 2 heterocycles. The molecule has 0 fully saturated rings. The van der Waals surface area contributed by atoms with Gasteiger partial charge in [0.05, 0.1) is 5.39 Å². The number of primary amides is 1. The van der Waals surface area contributed by atoms with Crippen LogP contribution >= 0.6 is 0 Å². The van der Waals surface area contributed by atoms with Crippen LogP contribution in [0.1, 0.15) is 10.5 Å². The summed E-state index contributed by atoms with van der Waals surface area (Å²) >= 11 is 0. The molecule has 0 saturated carbocycles. The van der Waals surface area contributed by atoms with Gasteiger partial charge in [-0.3, -0.25) is 14.2 Å². The molecule has 0 aliphatic rings. The van der Waals surface area contributed by atoms with Gasteiger partial charge < -0.3 is 11.1 Å². The molecule has 0 spiro atoms. The Morgan fingerprint density at radius 2 is 1.53 bits per heavy atom. The molecule has 4 rings (SSSR count). The highest BCUT2D eigenvalue weighted by Gasteiger charge is 2.18. The highest BCUT2D eigenvalue weighted by atomic mass is 19.1. The first-order valence-corrected chi connectivity index (χ1v) is 8.68. The summed E-state index contributed by atoms with van der Waals surface area (Å²) in [7, 11) is 0. The van der Waals surface area contributed by atoms with E-state index in [1.807, 2.05) is 0 Å². The molecule has 0 atom stereocenters. The van der Waals surface area contributed by atoms with E-state index in [2.05, 4.69) is 10.3 Å². The first-order valence-electron chi connectivity index (χ1n) is 8.68. The van der Waals surface area contributed by atoms with Crippen molar-refractivity contribution in [1.29, 1.82) is 0 Å². The van der Waals surface area contributed by atoms with Crippen molar-refractivity contribution in [2.75, 3.05) is 5.32 Å². The quantitative estimate of drug-likeness (QED) is 0.538. The Morgan fingerprint density at radius 1 is 0.933 bits per heavy atom. The second-order valence-corrected chi connectivity index (χ2v) is 6.39. The molecular formula is C21H13F3N4O2. The number of hydrogen-bond acceptors (Lipinski definition) is 4. The summed E-state index contributed by atoms with van der Waals surface area (Å²) in [6, 6.07) is 12.7. The van der Waals surface area contributed by atoms with E-state index >= 15 is 0 Å². The van der Waals surface area contributed by atoms with Crippen LogP contribution in [0.25, 0.3) is 16.7 Å². The van der Waals surface area contributed by atoms with Crippen LogP contribution in [0, 0.1) is 17.5 Å². The summed E-state index contributed by atoms with van der Waals surface area (Å²) in [5.41, 5.74) is 4.74. The summed E-state index contributed by atoms with van der Waals surface area (Å²) in [6.07, 6.45) is 0. The standard InChI is InChI=1S/C21H13F3N4O2/c22-11-1-5-13(6-2-11)26-18-10-17(29)15-9-16(24)19(20(25)30)27-21(15)28(18)14-7-3-12(23)4-8-14/h1-10,26H,(H2,25,30). The van der Waals surface area contributed by atoms with Crippen LogP contribution in [0.2, 0.25) is 0 Å². The molecule has 0 aliphatic carbocycles. The summed E-state index contributed by atoms with van der Waals surface area (Å²) < 4.78 is 42.3. The molecule has 0 bridgehead atoms. The topological polar surface area (TPSA) is 90.0 Å². The number of nitrogens with one attached hydrogen (secondary N) is 1. The van der Waals surface area contributed by atoms with Gasteiger partial charge in [0.25, 0.3) is 5.91 Å². The molecule has 150 valence electrons. The van der Waals surface area contributed by atoms with Crippen molar-refractivity contribution in [1.82, 2.24) is 9.55 Å². The fourth-order valence-electron chi connectivity index (χ4n) is 3.01. The molecule has 30 heavy (non-hydrogen) atoms. The van der Waals surface area contributed by atoms with Crippen molar-refractivity contribution in [3.8, 4) is 5.69 Å². The van der Waals surface area contributed by atoms with Crippen LogP contribution in [0.3, 0.4) is 0 Å². The second kappa shape index (κ2) is 7.36. The highest BCUT2D eigenvalue weighted by Crippen LogP contribution is 2.25. The minimum atomic E-state index is -1.11. The predicted molar refractivity (Wildman–Crippen MR) is 105 cm³/mol. The number of aromatic nitrogens is 2. The van der Waals surface area contributed by atoms with E-state index in [9.17, 15) is 22.8 Å². The maximum absolute atomic E-state index is 14.2. The van der Waals surface area contributed by atoms with Gasteiger partial charge in [-0.15, -0.1) is 0 Å². The van der Waals surface area contributed by atoms with Crippen LogP contribution in [-0.2, 0) is 0 Å². The summed E-state index contributed by atoms with van der Waals surface area (Å²) in [4.78, 5) is 28.2. The molecule has 1 amide bonds. The van der Waals surface area contributed by atoms with E-state index in [4.69, 9.17) is 5.73 Å². The average molecular weight is 410 g/mol. The molecule has 9 heteroatoms. The van der Waals surface area contributed by atoms with Crippen molar-refractivity contribution in [2.45, 2.75) is 0 Å². The number of carbonyl (C=O) groups excluding carboxylic acids is 1. The van der Waals surface area contributed by atoms with Crippen molar-refractivity contribution in [2.24, 2.45) is 5.73 Å². The third-order valence-corrected chi connectivity index (χ3v) is 4.38. The number of nitrogens with zero attached hydrogens (tertiary/aromatic N) is 2. The van der Waals surface area contributed by atoms with Crippen LogP contribution in [0.15, 0.2) is 65.5 Å². The van der Waals surface area contributed by atoms with E-state index in [1.165, 1.54) is 59.2 Å². The molecule has 3 N–H and O–H groups in total. The number of halogens is 3. The monoisotopic (exact) mass is 410 g/mol. The number of rotatable bonds is 4. The van der Waals surface area contributed by atoms with Crippen molar-refractivity contribution < 1.29 is 18.0 Å². The number of benzene rings is 2. The fourth-order valence-corrected chi connectivity index (χ4v) is 3.01. The van der Waals surface area contributed by atoms with Gasteiger partial charge in [0, 0.05) is 17.4 Å². The zero-order valence-corrected chi connectivity index (χ0v) is 15.2. The van der Waals surface area contributed by atoms with Crippen molar-refractivity contribution in [3.05, 3.63) is 94.0 Å². The number of carbonyl (C=O) groups is 1. The summed E-state index contributed by atoms with van der Waals surface area (Å²) in [5, 5.41) is 2.86. The first-order chi connectivity index (χ1) is 14.3. The number of fused-ring (bicyclic) bond motifs is 1. The van der Waals surface area contributed by atoms with E-state index in [1.54, 1.807) is 0 Å². The SMILES string of the molecule is NC(=O)c1nc2c(cc1F)c(=O)cc(Nc1ccc(F)cc1)n2-c1ccc(F)cc1. The van der Waals surface area contributed by atoms with Gasteiger partial charge in [-0.25, -0.2) is 18.2 Å². The maximum atomic E-state index is 14.2. The van der Waals surface area contributed by atoms with Crippen LogP contribution in [-0.4, -0.2) is 15.5 Å². The van der Waals surface area contributed by atoms with Crippen molar-refractivity contribution in [3.63, 3.8) is 0 Å². The van der Waals surface area contributed by atoms with Crippen molar-refractivity contribution >= 4 is 28.4 Å². The highest BCUT2D eigenvalue weighted by molar-refractivity contribution is 5.94. The Morgan fingerprint density at radius 3 is 2.13 bits per heavy atom. The van der Waals surface area contributed by atoms with Gasteiger partial charge in [0.2, 0.25) is 0 Å². The van der Waals surface area contributed by atoms with Gasteiger partial charge in [-0.05, 0) is 54.6 Å². The van der Waals surface area contributed by atoms with Gasteiger partial charge in [-0.2, -0.15) is 0 Å². The fraction of sp³-hybridized carbons (Fsp3) is 0. The van der Waals surface area contributed by atoms with E-state index in [-0.39, 0.29) is 16.9 Å². The zero-order valence-electron chi connectivity index (χ0n) is 15.2. The van der Waals surface area contributed by atoms with Gasteiger partial charge >= 0.3 is 0 Å². The largest absolute Gasteiger partial charge is 0.364 e. The van der Waals surface area contributed by atoms with E-state index in [0.717, 1.165) is 6.07 Å². The average Bonchev–Trinajstić information content (AvgIpc) is 2.71. The maximum Gasteiger partial charge on any atom is 0.270 e. The Kier molecular flexibility index (Phi) is 4.71. The number of nitrogens with two attached hydrogens (primary N) is 1. The Labute approximate surface area is 167 Å². The predicted octanol–water partition coefficient (Wildman–Crippen LogP) is 3.65. The molecule has 0 aliphatic heterocycles. The minimum Gasteiger partial charge on any atom is -0.364 e. The Balaban J connectivity index is 2.04. The molecule has 6 nitrogen and oxygen atoms in total. The van der Waals surface area contributed by atoms with Crippen LogP contribution in [0.4, 0.5) is 24.7 Å². The molecule has 0 unspecified atom stereocenters. The first kappa shape index (κ1) is 19.2. The third kappa shape index (κ3) is 3.48. The lowest BCUT2D eigenvalue weighted by Crippen LogP contribution is -2.19. The van der Waals surface area contributed by atoms with E-state index < -0.39 is 34.5 Å². The molecule has 2 aromatic heterocycles. The summed E-state index contributed by atoms with van der Waals surface area (Å²) in [5.74, 6) is -2.89. The lowest BCUT2D eigenvalue weighted by Gasteiger charge is -2.18. The number of pyridine rings is 2. The van der Waals surface area contributed by atoms with Gasteiger partial charge in [-0.1, -0.05) is 0 Å². The molecule has 4 aromatic rings. The molecular weight excluding hydrogens is 397 g/mol. The zero-order chi connectivity index (χ0) is 21.4. The second-order valence-electron chi connectivity index (χ2n) is 6.39. The number of amides is 1. The third-order valence-electron chi connectivity index (χ3n) is 4.38. The normalized spacial score (nSPS) is 10.9. The van der Waals surface area contributed by atoms with Gasteiger partial charge in [0.1, 0.15) is 17.5 Å². The van der Waals surface area contributed by atoms with E-state index in [0.29, 0.717) is 11.4 Å². The Hall–Kier alpha value is -4.14. The minimum absolute atomic E-state index is 0.0612. The number of anilines is 2. The smallest absolute Gasteiger partial charge is 0.270 e. The van der Waals surface area contributed by atoms with Crippen LogP contribution in [0.5, 0.6) is 0 Å². The molecule has 0 radical (unpaired) electrons. The number of hydrogen-bond donors (Lipinski definition) is 2. The molecule has 2 aromatic carbocycles. The summed E-state index contributed by atoms with van der Waals surface area (Å²) in [6.45, 7) is 0. The Bertz CT molecular complexity index is 1330. The van der Waals surface area contributed by atoms with Gasteiger partial charge in [0.15, 0.2) is 22.6 Å². The lowest BCUT2D eigenvalue weighted by atomic mass is 10.2. The van der Waals surface area contributed by atoms with Crippen LogP contribution < -0.4 is 16.5 Å². The lowest BCUT2D eigenvalue weighted by molar-refractivity contribution is 0.0991. The molecule has 0 saturated heterocycles.